The molecule has 0 spiro atoms. The summed E-state index contributed by atoms with van der Waals surface area (Å²) in [5.41, 5.74) is 7.40. The third-order valence-corrected chi connectivity index (χ3v) is 5.15. The molecule has 0 saturated carbocycles. The molecule has 100 valence electrons. The number of rotatable bonds is 4. The van der Waals surface area contributed by atoms with Crippen LogP contribution >= 0.6 is 11.3 Å². The zero-order valence-corrected chi connectivity index (χ0v) is 11.7. The highest BCUT2D eigenvalue weighted by molar-refractivity contribution is 7.07. The van der Waals surface area contributed by atoms with Crippen molar-refractivity contribution in [3.8, 4) is 0 Å². The predicted octanol–water partition coefficient (Wildman–Crippen LogP) is 1.92. The Hall–Kier alpha value is -0.420. The lowest BCUT2D eigenvalue weighted by Crippen LogP contribution is -2.37. The molecular formula is C14H23N3S. The molecule has 18 heavy (non-hydrogen) atoms. The first-order chi connectivity index (χ1) is 8.88. The van der Waals surface area contributed by atoms with Gasteiger partial charge in [0.1, 0.15) is 0 Å². The van der Waals surface area contributed by atoms with Crippen LogP contribution in [0.5, 0.6) is 0 Å². The zero-order valence-electron chi connectivity index (χ0n) is 10.9. The second-order valence-electron chi connectivity index (χ2n) is 5.49. The van der Waals surface area contributed by atoms with Crippen molar-refractivity contribution >= 4 is 11.3 Å². The molecule has 3 nitrogen and oxygen atoms in total. The van der Waals surface area contributed by atoms with E-state index in [4.69, 9.17) is 5.73 Å². The van der Waals surface area contributed by atoms with Crippen LogP contribution in [0.4, 0.5) is 0 Å². The predicted molar refractivity (Wildman–Crippen MR) is 76.9 cm³/mol. The van der Waals surface area contributed by atoms with Crippen LogP contribution in [0.1, 0.15) is 30.9 Å². The second kappa shape index (κ2) is 5.70. The summed E-state index contributed by atoms with van der Waals surface area (Å²) in [4.78, 5) is 5.27. The molecule has 2 unspecified atom stereocenters. The van der Waals surface area contributed by atoms with Gasteiger partial charge in [0.05, 0.1) is 0 Å². The highest BCUT2D eigenvalue weighted by Crippen LogP contribution is 2.28. The van der Waals surface area contributed by atoms with Gasteiger partial charge in [0, 0.05) is 31.7 Å². The standard InChI is InChI=1S/C14H23N3S/c15-9-14(12-4-8-18-11-12)17-7-3-13(10-17)16-5-1-2-6-16/h4,8,11,13-14H,1-3,5-7,9-10,15H2. The highest BCUT2D eigenvalue weighted by atomic mass is 32.1. The zero-order chi connectivity index (χ0) is 12.4. The first kappa shape index (κ1) is 12.6. The number of nitrogens with two attached hydrogens (primary N) is 1. The minimum atomic E-state index is 0.434. The Balaban J connectivity index is 1.63. The maximum absolute atomic E-state index is 5.99. The summed E-state index contributed by atoms with van der Waals surface area (Å²) in [6.45, 7) is 5.77. The molecule has 1 aromatic rings. The van der Waals surface area contributed by atoms with Crippen LogP contribution in [0, 0.1) is 0 Å². The highest BCUT2D eigenvalue weighted by Gasteiger charge is 2.32. The van der Waals surface area contributed by atoms with E-state index in [0.29, 0.717) is 6.04 Å². The van der Waals surface area contributed by atoms with Gasteiger partial charge in [-0.1, -0.05) is 0 Å². The molecule has 0 aliphatic carbocycles. The first-order valence-corrected chi connectivity index (χ1v) is 8.03. The average Bonchev–Trinajstić information content (AvgIpc) is 3.13. The summed E-state index contributed by atoms with van der Waals surface area (Å²) >= 11 is 1.78. The number of thiophene rings is 1. The molecule has 2 atom stereocenters. The van der Waals surface area contributed by atoms with E-state index in [9.17, 15) is 0 Å². The summed E-state index contributed by atoms with van der Waals surface area (Å²) in [6.07, 6.45) is 4.10. The largest absolute Gasteiger partial charge is 0.329 e. The van der Waals surface area contributed by atoms with Gasteiger partial charge in [-0.3, -0.25) is 9.80 Å². The van der Waals surface area contributed by atoms with Crippen LogP contribution in [0.25, 0.3) is 0 Å². The van der Waals surface area contributed by atoms with Crippen LogP contribution in [-0.4, -0.2) is 48.6 Å². The van der Waals surface area contributed by atoms with Crippen molar-refractivity contribution in [2.75, 3.05) is 32.7 Å². The van der Waals surface area contributed by atoms with Crippen molar-refractivity contribution in [3.63, 3.8) is 0 Å². The molecule has 2 aliphatic heterocycles. The molecule has 0 aromatic carbocycles. The summed E-state index contributed by atoms with van der Waals surface area (Å²) in [5.74, 6) is 0. The van der Waals surface area contributed by atoms with E-state index in [1.54, 1.807) is 11.3 Å². The van der Waals surface area contributed by atoms with Crippen LogP contribution in [-0.2, 0) is 0 Å². The molecule has 2 saturated heterocycles. The lowest BCUT2D eigenvalue weighted by atomic mass is 10.1. The quantitative estimate of drug-likeness (QED) is 0.903. The number of hydrogen-bond donors (Lipinski definition) is 1. The fraction of sp³-hybridized carbons (Fsp3) is 0.714. The molecular weight excluding hydrogens is 242 g/mol. The minimum absolute atomic E-state index is 0.434. The van der Waals surface area contributed by atoms with Crippen molar-refractivity contribution in [1.29, 1.82) is 0 Å². The topological polar surface area (TPSA) is 32.5 Å². The molecule has 0 radical (unpaired) electrons. The fourth-order valence-corrected chi connectivity index (χ4v) is 4.12. The molecule has 0 amide bonds. The Kier molecular flexibility index (Phi) is 3.99. The lowest BCUT2D eigenvalue weighted by molar-refractivity contribution is 0.203. The van der Waals surface area contributed by atoms with Crippen molar-refractivity contribution in [2.45, 2.75) is 31.3 Å². The Morgan fingerprint density at radius 2 is 2.17 bits per heavy atom. The second-order valence-corrected chi connectivity index (χ2v) is 6.27. The summed E-state index contributed by atoms with van der Waals surface area (Å²) in [7, 11) is 0. The van der Waals surface area contributed by atoms with Gasteiger partial charge in [0.15, 0.2) is 0 Å². The summed E-state index contributed by atoms with van der Waals surface area (Å²) < 4.78 is 0. The van der Waals surface area contributed by atoms with Crippen LogP contribution in [0.15, 0.2) is 16.8 Å². The van der Waals surface area contributed by atoms with Crippen LogP contribution < -0.4 is 5.73 Å². The van der Waals surface area contributed by atoms with Crippen molar-refractivity contribution < 1.29 is 0 Å². The number of nitrogens with zero attached hydrogens (tertiary/aromatic N) is 2. The monoisotopic (exact) mass is 265 g/mol. The molecule has 3 rings (SSSR count). The number of likely N-dealkylation sites (tertiary alicyclic amines) is 2. The molecule has 2 aliphatic rings. The molecule has 2 N–H and O–H groups in total. The van der Waals surface area contributed by atoms with Crippen LogP contribution in [0.2, 0.25) is 0 Å². The normalized spacial score (nSPS) is 27.9. The Morgan fingerprint density at radius 3 is 2.83 bits per heavy atom. The molecule has 1 aromatic heterocycles. The van der Waals surface area contributed by atoms with Gasteiger partial charge in [-0.25, -0.2) is 0 Å². The van der Waals surface area contributed by atoms with Gasteiger partial charge in [-0.05, 0) is 54.7 Å². The van der Waals surface area contributed by atoms with Gasteiger partial charge in [0.25, 0.3) is 0 Å². The van der Waals surface area contributed by atoms with Crippen LogP contribution in [0.3, 0.4) is 0 Å². The van der Waals surface area contributed by atoms with E-state index in [0.717, 1.165) is 12.6 Å². The van der Waals surface area contributed by atoms with E-state index in [-0.39, 0.29) is 0 Å². The van der Waals surface area contributed by atoms with Crippen molar-refractivity contribution in [2.24, 2.45) is 5.73 Å². The van der Waals surface area contributed by atoms with E-state index in [2.05, 4.69) is 26.6 Å². The summed E-state index contributed by atoms with van der Waals surface area (Å²) in [5, 5.41) is 4.41. The summed E-state index contributed by atoms with van der Waals surface area (Å²) in [6, 6.07) is 3.44. The molecule has 3 heterocycles. The van der Waals surface area contributed by atoms with Gasteiger partial charge in [0.2, 0.25) is 0 Å². The third-order valence-electron chi connectivity index (χ3n) is 4.44. The molecule has 2 fully saturated rings. The fourth-order valence-electron chi connectivity index (χ4n) is 3.42. The third kappa shape index (κ3) is 2.48. The maximum Gasteiger partial charge on any atom is 0.0479 e. The maximum atomic E-state index is 5.99. The van der Waals surface area contributed by atoms with E-state index >= 15 is 0 Å². The first-order valence-electron chi connectivity index (χ1n) is 7.09. The smallest absolute Gasteiger partial charge is 0.0479 e. The van der Waals surface area contributed by atoms with Gasteiger partial charge >= 0.3 is 0 Å². The Bertz CT molecular complexity index is 359. The van der Waals surface area contributed by atoms with Gasteiger partial charge < -0.3 is 5.73 Å². The molecule has 4 heteroatoms. The van der Waals surface area contributed by atoms with E-state index in [1.165, 1.54) is 51.0 Å². The Labute approximate surface area is 114 Å². The van der Waals surface area contributed by atoms with Gasteiger partial charge in [-0.2, -0.15) is 11.3 Å². The lowest BCUT2D eigenvalue weighted by Gasteiger charge is -2.28. The van der Waals surface area contributed by atoms with Crippen molar-refractivity contribution in [3.05, 3.63) is 22.4 Å². The Morgan fingerprint density at radius 1 is 1.33 bits per heavy atom. The van der Waals surface area contributed by atoms with Crippen molar-refractivity contribution in [1.82, 2.24) is 9.80 Å². The van der Waals surface area contributed by atoms with E-state index in [1.807, 2.05) is 0 Å². The van der Waals surface area contributed by atoms with Gasteiger partial charge in [-0.15, -0.1) is 0 Å². The average molecular weight is 265 g/mol. The SMILES string of the molecule is NCC(c1ccsc1)N1CCC(N2CCCC2)C1. The number of hydrogen-bond acceptors (Lipinski definition) is 4. The molecule has 0 bridgehead atoms. The van der Waals surface area contributed by atoms with E-state index < -0.39 is 0 Å². The minimum Gasteiger partial charge on any atom is -0.329 e.